The van der Waals surface area contributed by atoms with E-state index in [0.717, 1.165) is 29.5 Å². The van der Waals surface area contributed by atoms with Crippen molar-refractivity contribution >= 4 is 17.2 Å². The lowest BCUT2D eigenvalue weighted by Crippen LogP contribution is -2.18. The lowest BCUT2D eigenvalue weighted by atomic mass is 10.3. The van der Waals surface area contributed by atoms with Crippen LogP contribution < -0.4 is 10.6 Å². The lowest BCUT2D eigenvalue weighted by Gasteiger charge is -2.04. The van der Waals surface area contributed by atoms with Gasteiger partial charge >= 0.3 is 0 Å². The van der Waals surface area contributed by atoms with Gasteiger partial charge in [-0.2, -0.15) is 0 Å². The van der Waals surface area contributed by atoms with E-state index in [4.69, 9.17) is 0 Å². The maximum atomic E-state index is 4.18. The minimum absolute atomic E-state index is 0.815. The van der Waals surface area contributed by atoms with E-state index >= 15 is 0 Å². The van der Waals surface area contributed by atoms with Crippen LogP contribution in [0.25, 0.3) is 10.6 Å². The minimum Gasteiger partial charge on any atom is -0.367 e. The van der Waals surface area contributed by atoms with Crippen LogP contribution in [0, 0.1) is 0 Å². The number of hydrogen-bond donors (Lipinski definition) is 2. The molecule has 84 valence electrons. The number of thiophene rings is 1. The van der Waals surface area contributed by atoms with Crippen LogP contribution in [-0.4, -0.2) is 30.3 Å². The molecule has 2 rings (SSSR count). The van der Waals surface area contributed by atoms with Crippen LogP contribution >= 0.6 is 11.3 Å². The zero-order valence-corrected chi connectivity index (χ0v) is 9.92. The molecule has 0 spiro atoms. The van der Waals surface area contributed by atoms with Crippen molar-refractivity contribution in [2.24, 2.45) is 0 Å². The van der Waals surface area contributed by atoms with Crippen molar-refractivity contribution in [2.75, 3.05) is 25.5 Å². The number of hydrogen-bond acceptors (Lipinski definition) is 5. The van der Waals surface area contributed by atoms with Crippen molar-refractivity contribution in [3.63, 3.8) is 0 Å². The highest BCUT2D eigenvalue weighted by Crippen LogP contribution is 2.22. The number of likely N-dealkylation sites (N-methyl/N-ethyl adjacent to an activating group) is 1. The van der Waals surface area contributed by atoms with Gasteiger partial charge in [0.1, 0.15) is 11.5 Å². The first kappa shape index (κ1) is 11.0. The van der Waals surface area contributed by atoms with Gasteiger partial charge in [-0.05, 0) is 30.6 Å². The molecule has 0 amide bonds. The first-order chi connectivity index (χ1) is 7.90. The molecule has 0 aliphatic heterocycles. The van der Waals surface area contributed by atoms with E-state index in [0.29, 0.717) is 0 Å². The monoisotopic (exact) mass is 234 g/mol. The van der Waals surface area contributed by atoms with Gasteiger partial charge in [0.25, 0.3) is 0 Å². The summed E-state index contributed by atoms with van der Waals surface area (Å²) >= 11 is 1.67. The zero-order chi connectivity index (χ0) is 11.2. The van der Waals surface area contributed by atoms with Gasteiger partial charge in [-0.25, -0.2) is 0 Å². The van der Waals surface area contributed by atoms with E-state index in [1.54, 1.807) is 11.3 Å². The fourth-order valence-corrected chi connectivity index (χ4v) is 1.99. The van der Waals surface area contributed by atoms with Gasteiger partial charge in [-0.15, -0.1) is 21.5 Å². The fourth-order valence-electron chi connectivity index (χ4n) is 1.30. The van der Waals surface area contributed by atoms with Crippen LogP contribution in [0.2, 0.25) is 0 Å². The van der Waals surface area contributed by atoms with Gasteiger partial charge in [0, 0.05) is 13.1 Å². The maximum absolute atomic E-state index is 4.18. The summed E-state index contributed by atoms with van der Waals surface area (Å²) in [5.41, 5.74) is 0.925. The highest BCUT2D eigenvalue weighted by Gasteiger charge is 2.00. The molecular formula is C11H14N4S. The number of aromatic nitrogens is 2. The third-order valence-electron chi connectivity index (χ3n) is 2.12. The first-order valence-electron chi connectivity index (χ1n) is 5.16. The van der Waals surface area contributed by atoms with Crippen molar-refractivity contribution < 1.29 is 0 Å². The summed E-state index contributed by atoms with van der Waals surface area (Å²) in [7, 11) is 1.92. The summed E-state index contributed by atoms with van der Waals surface area (Å²) in [5, 5.41) is 16.6. The van der Waals surface area contributed by atoms with Crippen LogP contribution in [0.1, 0.15) is 0 Å². The van der Waals surface area contributed by atoms with E-state index < -0.39 is 0 Å². The topological polar surface area (TPSA) is 49.8 Å². The Morgan fingerprint density at radius 1 is 1.19 bits per heavy atom. The van der Waals surface area contributed by atoms with Gasteiger partial charge in [-0.3, -0.25) is 0 Å². The quantitative estimate of drug-likeness (QED) is 0.775. The van der Waals surface area contributed by atoms with Crippen molar-refractivity contribution in [1.82, 2.24) is 15.5 Å². The first-order valence-corrected chi connectivity index (χ1v) is 6.04. The van der Waals surface area contributed by atoms with E-state index in [9.17, 15) is 0 Å². The largest absolute Gasteiger partial charge is 0.367 e. The molecule has 0 atom stereocenters. The molecule has 2 aromatic rings. The fraction of sp³-hybridized carbons (Fsp3) is 0.273. The second kappa shape index (κ2) is 5.58. The average Bonchev–Trinajstić information content (AvgIpc) is 2.84. The van der Waals surface area contributed by atoms with Gasteiger partial charge < -0.3 is 10.6 Å². The molecule has 2 heterocycles. The summed E-state index contributed by atoms with van der Waals surface area (Å²) in [4.78, 5) is 1.15. The molecule has 0 aliphatic carbocycles. The van der Waals surface area contributed by atoms with E-state index in [-0.39, 0.29) is 0 Å². The predicted molar refractivity (Wildman–Crippen MR) is 67.8 cm³/mol. The van der Waals surface area contributed by atoms with E-state index in [1.165, 1.54) is 0 Å². The molecule has 0 saturated carbocycles. The molecule has 0 fully saturated rings. The van der Waals surface area contributed by atoms with Crippen molar-refractivity contribution in [2.45, 2.75) is 0 Å². The Kier molecular flexibility index (Phi) is 3.85. The molecule has 4 nitrogen and oxygen atoms in total. The number of anilines is 1. The third kappa shape index (κ3) is 2.77. The summed E-state index contributed by atoms with van der Waals surface area (Å²) in [6.45, 7) is 1.76. The molecular weight excluding hydrogens is 220 g/mol. The van der Waals surface area contributed by atoms with Crippen molar-refractivity contribution in [1.29, 1.82) is 0 Å². The second-order valence-electron chi connectivity index (χ2n) is 3.31. The second-order valence-corrected chi connectivity index (χ2v) is 4.26. The van der Waals surface area contributed by atoms with E-state index in [2.05, 4.69) is 20.8 Å². The van der Waals surface area contributed by atoms with Gasteiger partial charge in [0.2, 0.25) is 0 Å². The number of nitrogens with zero attached hydrogens (tertiary/aromatic N) is 2. The maximum Gasteiger partial charge on any atom is 0.148 e. The molecule has 16 heavy (non-hydrogen) atoms. The van der Waals surface area contributed by atoms with Crippen LogP contribution in [0.4, 0.5) is 5.82 Å². The average molecular weight is 234 g/mol. The molecule has 5 heteroatoms. The van der Waals surface area contributed by atoms with Crippen LogP contribution in [0.3, 0.4) is 0 Å². The van der Waals surface area contributed by atoms with Gasteiger partial charge in [0.15, 0.2) is 0 Å². The molecule has 0 bridgehead atoms. The lowest BCUT2D eigenvalue weighted by molar-refractivity contribution is 0.818. The zero-order valence-electron chi connectivity index (χ0n) is 9.10. The molecule has 0 radical (unpaired) electrons. The smallest absolute Gasteiger partial charge is 0.148 e. The summed E-state index contributed by atoms with van der Waals surface area (Å²) in [6, 6.07) is 8.00. The Morgan fingerprint density at radius 3 is 2.75 bits per heavy atom. The number of nitrogens with one attached hydrogen (secondary N) is 2. The van der Waals surface area contributed by atoms with Crippen LogP contribution in [0.15, 0.2) is 29.6 Å². The molecule has 2 N–H and O–H groups in total. The van der Waals surface area contributed by atoms with Gasteiger partial charge in [-0.1, -0.05) is 6.07 Å². The van der Waals surface area contributed by atoms with Crippen molar-refractivity contribution in [3.8, 4) is 10.6 Å². The Bertz CT molecular complexity index is 410. The molecule has 0 saturated heterocycles. The molecule has 0 unspecified atom stereocenters. The highest BCUT2D eigenvalue weighted by molar-refractivity contribution is 7.13. The highest BCUT2D eigenvalue weighted by atomic mass is 32.1. The predicted octanol–water partition coefficient (Wildman–Crippen LogP) is 1.84. The summed E-state index contributed by atoms with van der Waals surface area (Å²) in [5.74, 6) is 0.815. The molecule has 0 aromatic carbocycles. The third-order valence-corrected chi connectivity index (χ3v) is 3.01. The van der Waals surface area contributed by atoms with Crippen LogP contribution in [0.5, 0.6) is 0 Å². The summed E-state index contributed by atoms with van der Waals surface area (Å²) in [6.07, 6.45) is 0. The Balaban J connectivity index is 2.00. The SMILES string of the molecule is CNCCNc1ccc(-c2cccs2)nn1. The number of rotatable bonds is 5. The molecule has 0 aliphatic rings. The standard InChI is InChI=1S/C11H14N4S/c1-12-6-7-13-11-5-4-9(14-15-11)10-3-2-8-16-10/h2-5,8,12H,6-7H2,1H3,(H,13,15). The van der Waals surface area contributed by atoms with E-state index in [1.807, 2.05) is 36.7 Å². The van der Waals surface area contributed by atoms with Crippen LogP contribution in [-0.2, 0) is 0 Å². The minimum atomic E-state index is 0.815. The van der Waals surface area contributed by atoms with Gasteiger partial charge in [0.05, 0.1) is 4.88 Å². The Morgan fingerprint density at radius 2 is 2.12 bits per heavy atom. The Hall–Kier alpha value is -1.46. The van der Waals surface area contributed by atoms with Crippen molar-refractivity contribution in [3.05, 3.63) is 29.6 Å². The Labute approximate surface area is 98.7 Å². The normalized spacial score (nSPS) is 10.3. The molecule has 2 aromatic heterocycles. The summed E-state index contributed by atoms with van der Waals surface area (Å²) < 4.78 is 0.